The first-order valence-corrected chi connectivity index (χ1v) is 5.95. The van der Waals surface area contributed by atoms with Gasteiger partial charge in [0.1, 0.15) is 6.04 Å². The molecule has 1 amide bonds. The predicted octanol–water partition coefficient (Wildman–Crippen LogP) is 2.65. The largest absolute Gasteiger partial charge is 0.373 e. The molecule has 0 aliphatic heterocycles. The third kappa shape index (κ3) is 2.98. The molecule has 3 nitrogen and oxygen atoms in total. The lowest BCUT2D eigenvalue weighted by Crippen LogP contribution is -2.36. The normalized spacial score (nSPS) is 12.1. The van der Waals surface area contributed by atoms with Crippen molar-refractivity contribution >= 4 is 27.5 Å². The highest BCUT2D eigenvalue weighted by atomic mass is 79.9. The van der Waals surface area contributed by atoms with Crippen molar-refractivity contribution in [2.75, 3.05) is 19.4 Å². The fraction of sp³-hybridized carbons (Fsp3) is 0.417. The highest BCUT2D eigenvalue weighted by Crippen LogP contribution is 2.26. The molecule has 1 rings (SSSR count). The standard InChI is InChI=1S/C12H17BrN2O/c1-8-6-5-7-10(11(8)13)14-9(2)12(16)15(3)4/h5-7,9,14H,1-4H3. The number of aryl methyl sites for hydroxylation is 1. The number of likely N-dealkylation sites (N-methyl/N-ethyl adjacent to an activating group) is 1. The van der Waals surface area contributed by atoms with E-state index in [-0.39, 0.29) is 11.9 Å². The van der Waals surface area contributed by atoms with Gasteiger partial charge in [-0.3, -0.25) is 4.79 Å². The lowest BCUT2D eigenvalue weighted by Gasteiger charge is -2.20. The first kappa shape index (κ1) is 13.0. The molecule has 0 fully saturated rings. The third-order valence-electron chi connectivity index (χ3n) is 2.38. The average molecular weight is 285 g/mol. The van der Waals surface area contributed by atoms with Crippen LogP contribution in [0.3, 0.4) is 0 Å². The van der Waals surface area contributed by atoms with Crippen LogP contribution in [0.4, 0.5) is 5.69 Å². The molecule has 0 aromatic heterocycles. The van der Waals surface area contributed by atoms with Gasteiger partial charge in [-0.25, -0.2) is 0 Å². The Hall–Kier alpha value is -1.03. The summed E-state index contributed by atoms with van der Waals surface area (Å²) in [7, 11) is 3.51. The number of halogens is 1. The predicted molar refractivity (Wildman–Crippen MR) is 70.7 cm³/mol. The van der Waals surface area contributed by atoms with Crippen LogP contribution >= 0.6 is 15.9 Å². The minimum Gasteiger partial charge on any atom is -0.373 e. The zero-order valence-electron chi connectivity index (χ0n) is 10.0. The molecule has 0 heterocycles. The summed E-state index contributed by atoms with van der Waals surface area (Å²) in [5.74, 6) is 0.0633. The van der Waals surface area contributed by atoms with Crippen LogP contribution in [0.15, 0.2) is 22.7 Å². The number of hydrogen-bond donors (Lipinski definition) is 1. The number of anilines is 1. The number of carbonyl (C=O) groups excluding carboxylic acids is 1. The van der Waals surface area contributed by atoms with Gasteiger partial charge >= 0.3 is 0 Å². The first-order valence-electron chi connectivity index (χ1n) is 5.16. The van der Waals surface area contributed by atoms with E-state index in [1.807, 2.05) is 32.0 Å². The van der Waals surface area contributed by atoms with Gasteiger partial charge in [0.25, 0.3) is 0 Å². The molecule has 1 unspecified atom stereocenters. The van der Waals surface area contributed by atoms with Gasteiger partial charge < -0.3 is 10.2 Å². The fourth-order valence-corrected chi connectivity index (χ4v) is 1.82. The number of rotatable bonds is 3. The summed E-state index contributed by atoms with van der Waals surface area (Å²) in [6.45, 7) is 3.88. The third-order valence-corrected chi connectivity index (χ3v) is 3.43. The van der Waals surface area contributed by atoms with Crippen molar-refractivity contribution in [2.24, 2.45) is 0 Å². The maximum atomic E-state index is 11.7. The van der Waals surface area contributed by atoms with Crippen molar-refractivity contribution in [3.05, 3.63) is 28.2 Å². The van der Waals surface area contributed by atoms with E-state index in [2.05, 4.69) is 21.2 Å². The van der Waals surface area contributed by atoms with Gasteiger partial charge in [-0.1, -0.05) is 12.1 Å². The quantitative estimate of drug-likeness (QED) is 0.926. The van der Waals surface area contributed by atoms with E-state index in [1.54, 1.807) is 19.0 Å². The summed E-state index contributed by atoms with van der Waals surface area (Å²) >= 11 is 3.51. The van der Waals surface area contributed by atoms with Crippen LogP contribution in [0, 0.1) is 6.92 Å². The first-order chi connectivity index (χ1) is 7.43. The molecule has 1 aromatic rings. The molecule has 0 radical (unpaired) electrons. The monoisotopic (exact) mass is 284 g/mol. The number of hydrogen-bond acceptors (Lipinski definition) is 2. The number of nitrogens with zero attached hydrogens (tertiary/aromatic N) is 1. The van der Waals surface area contributed by atoms with Crippen molar-refractivity contribution in [3.8, 4) is 0 Å². The Bertz CT molecular complexity index is 391. The van der Waals surface area contributed by atoms with Crippen molar-refractivity contribution < 1.29 is 4.79 Å². The van der Waals surface area contributed by atoms with Crippen LogP contribution < -0.4 is 5.32 Å². The summed E-state index contributed by atoms with van der Waals surface area (Å²) in [5.41, 5.74) is 2.09. The molecule has 4 heteroatoms. The maximum Gasteiger partial charge on any atom is 0.244 e. The Morgan fingerprint density at radius 3 is 2.62 bits per heavy atom. The van der Waals surface area contributed by atoms with E-state index in [0.717, 1.165) is 15.7 Å². The Labute approximate surface area is 105 Å². The van der Waals surface area contributed by atoms with Gasteiger partial charge in [0, 0.05) is 24.3 Å². The van der Waals surface area contributed by atoms with Gasteiger partial charge in [-0.15, -0.1) is 0 Å². The Balaban J connectivity index is 2.81. The molecule has 0 bridgehead atoms. The topological polar surface area (TPSA) is 32.3 Å². The highest BCUT2D eigenvalue weighted by molar-refractivity contribution is 9.10. The average Bonchev–Trinajstić information content (AvgIpc) is 2.23. The number of benzene rings is 1. The molecule has 0 saturated heterocycles. The van der Waals surface area contributed by atoms with E-state index in [1.165, 1.54) is 0 Å². The lowest BCUT2D eigenvalue weighted by atomic mass is 10.2. The molecule has 1 atom stereocenters. The SMILES string of the molecule is Cc1cccc(NC(C)C(=O)N(C)C)c1Br. The van der Waals surface area contributed by atoms with Gasteiger partial charge in [0.05, 0.1) is 0 Å². The summed E-state index contributed by atoms with van der Waals surface area (Å²) in [6, 6.07) is 5.72. The van der Waals surface area contributed by atoms with Gasteiger partial charge in [-0.05, 0) is 41.4 Å². The zero-order valence-corrected chi connectivity index (χ0v) is 11.6. The van der Waals surface area contributed by atoms with Crippen molar-refractivity contribution in [3.63, 3.8) is 0 Å². The maximum absolute atomic E-state index is 11.7. The smallest absolute Gasteiger partial charge is 0.244 e. The minimum atomic E-state index is -0.229. The molecule has 1 aromatic carbocycles. The number of nitrogens with one attached hydrogen (secondary N) is 1. The van der Waals surface area contributed by atoms with Crippen LogP contribution in [0.5, 0.6) is 0 Å². The molecular formula is C12H17BrN2O. The molecule has 88 valence electrons. The highest BCUT2D eigenvalue weighted by Gasteiger charge is 2.15. The van der Waals surface area contributed by atoms with Crippen molar-refractivity contribution in [1.29, 1.82) is 0 Å². The van der Waals surface area contributed by atoms with Crippen LogP contribution in [0.25, 0.3) is 0 Å². The molecular weight excluding hydrogens is 268 g/mol. The molecule has 0 spiro atoms. The zero-order chi connectivity index (χ0) is 12.3. The van der Waals surface area contributed by atoms with Crippen LogP contribution in [-0.4, -0.2) is 30.9 Å². The Morgan fingerprint density at radius 1 is 1.44 bits per heavy atom. The van der Waals surface area contributed by atoms with Gasteiger partial charge in [0.15, 0.2) is 0 Å². The number of carbonyl (C=O) groups is 1. The lowest BCUT2D eigenvalue weighted by molar-refractivity contribution is -0.129. The number of amides is 1. The molecule has 0 saturated carbocycles. The second kappa shape index (κ2) is 5.34. The Morgan fingerprint density at radius 2 is 2.06 bits per heavy atom. The fourth-order valence-electron chi connectivity index (χ4n) is 1.44. The van der Waals surface area contributed by atoms with E-state index in [0.29, 0.717) is 0 Å². The second-order valence-corrected chi connectivity index (χ2v) is 4.83. The van der Waals surface area contributed by atoms with E-state index >= 15 is 0 Å². The summed E-state index contributed by atoms with van der Waals surface area (Å²) in [6.07, 6.45) is 0. The molecule has 0 aliphatic rings. The van der Waals surface area contributed by atoms with Crippen LogP contribution in [0.2, 0.25) is 0 Å². The van der Waals surface area contributed by atoms with Gasteiger partial charge in [0.2, 0.25) is 5.91 Å². The molecule has 0 aliphatic carbocycles. The second-order valence-electron chi connectivity index (χ2n) is 4.04. The minimum absolute atomic E-state index is 0.0633. The van der Waals surface area contributed by atoms with Crippen molar-refractivity contribution in [2.45, 2.75) is 19.9 Å². The Kier molecular flexibility index (Phi) is 4.35. The summed E-state index contributed by atoms with van der Waals surface area (Å²) in [4.78, 5) is 13.3. The van der Waals surface area contributed by atoms with Gasteiger partial charge in [-0.2, -0.15) is 0 Å². The van der Waals surface area contributed by atoms with E-state index in [4.69, 9.17) is 0 Å². The summed E-state index contributed by atoms with van der Waals surface area (Å²) < 4.78 is 1.01. The van der Waals surface area contributed by atoms with E-state index < -0.39 is 0 Å². The van der Waals surface area contributed by atoms with Crippen LogP contribution in [0.1, 0.15) is 12.5 Å². The van der Waals surface area contributed by atoms with Crippen molar-refractivity contribution in [1.82, 2.24) is 4.90 Å². The summed E-state index contributed by atoms with van der Waals surface area (Å²) in [5, 5.41) is 3.19. The molecule has 1 N–H and O–H groups in total. The van der Waals surface area contributed by atoms with Crippen LogP contribution in [-0.2, 0) is 4.79 Å². The molecule has 16 heavy (non-hydrogen) atoms. The van der Waals surface area contributed by atoms with E-state index in [9.17, 15) is 4.79 Å².